The average Bonchev–Trinajstić information content (AvgIpc) is 2.08. The molecule has 0 radical (unpaired) electrons. The first-order valence-corrected chi connectivity index (χ1v) is 5.09. The molecule has 1 aromatic heterocycles. The van der Waals surface area contributed by atoms with Crippen molar-refractivity contribution in [1.29, 1.82) is 0 Å². The van der Waals surface area contributed by atoms with Crippen molar-refractivity contribution in [3.05, 3.63) is 30.0 Å². The zero-order valence-electron chi connectivity index (χ0n) is 6.38. The van der Waals surface area contributed by atoms with Crippen molar-refractivity contribution in [2.24, 2.45) is 0 Å². The second-order valence-corrected chi connectivity index (χ2v) is 4.14. The number of pyridine rings is 1. The Morgan fingerprint density at radius 1 is 1.64 bits per heavy atom. The number of halogens is 4. The minimum absolute atomic E-state index is 0.180. The van der Waals surface area contributed by atoms with E-state index in [-0.39, 0.29) is 4.60 Å². The van der Waals surface area contributed by atoms with Crippen molar-refractivity contribution in [3.63, 3.8) is 0 Å². The smallest absolute Gasteiger partial charge is 0.258 e. The second kappa shape index (κ2) is 4.43. The highest BCUT2D eigenvalue weighted by Crippen LogP contribution is 2.31. The maximum atomic E-state index is 12.3. The van der Waals surface area contributed by atoms with Crippen LogP contribution in [0.15, 0.2) is 10.7 Å². The monoisotopic (exact) mass is 378 g/mol. The third kappa shape index (κ3) is 2.35. The summed E-state index contributed by atoms with van der Waals surface area (Å²) in [7, 11) is 0. The lowest BCUT2D eigenvalue weighted by molar-refractivity contribution is -0.386. The molecular formula is C6H2BrF2IN2O2. The normalized spacial score (nSPS) is 10.6. The Kier molecular flexibility index (Phi) is 3.70. The Bertz CT molecular complexity index is 388. The molecule has 0 saturated carbocycles. The number of aromatic nitrogens is 1. The minimum atomic E-state index is -2.95. The Hall–Kier alpha value is -0.380. The van der Waals surface area contributed by atoms with Crippen molar-refractivity contribution in [1.82, 2.24) is 4.98 Å². The summed E-state index contributed by atoms with van der Waals surface area (Å²) in [5, 5.41) is 10.4. The van der Waals surface area contributed by atoms with Crippen LogP contribution < -0.4 is 0 Å². The summed E-state index contributed by atoms with van der Waals surface area (Å²) in [4.78, 5) is 12.9. The summed E-state index contributed by atoms with van der Waals surface area (Å²) < 4.78 is 25.2. The molecule has 1 aromatic rings. The molecule has 0 spiro atoms. The van der Waals surface area contributed by atoms with Gasteiger partial charge in [0.05, 0.1) is 8.49 Å². The first-order chi connectivity index (χ1) is 6.43. The zero-order valence-corrected chi connectivity index (χ0v) is 10.1. The quantitative estimate of drug-likeness (QED) is 0.343. The number of hydrogen-bond acceptors (Lipinski definition) is 3. The van der Waals surface area contributed by atoms with E-state index in [4.69, 9.17) is 0 Å². The molecule has 0 unspecified atom stereocenters. The van der Waals surface area contributed by atoms with E-state index in [9.17, 15) is 18.9 Å². The number of rotatable bonds is 2. The van der Waals surface area contributed by atoms with Gasteiger partial charge in [-0.15, -0.1) is 0 Å². The molecule has 0 aliphatic heterocycles. The summed E-state index contributed by atoms with van der Waals surface area (Å²) in [5.41, 5.74) is -1.48. The van der Waals surface area contributed by atoms with Crippen LogP contribution in [0.25, 0.3) is 0 Å². The van der Waals surface area contributed by atoms with E-state index in [0.29, 0.717) is 3.57 Å². The van der Waals surface area contributed by atoms with Crippen LogP contribution in [0.1, 0.15) is 12.1 Å². The van der Waals surface area contributed by atoms with Gasteiger partial charge in [0.25, 0.3) is 12.1 Å². The van der Waals surface area contributed by atoms with Gasteiger partial charge in [0.2, 0.25) is 0 Å². The molecule has 14 heavy (non-hydrogen) atoms. The first kappa shape index (κ1) is 11.7. The lowest BCUT2D eigenvalue weighted by Gasteiger charge is -2.02. The number of nitrogens with zero attached hydrogens (tertiary/aromatic N) is 2. The van der Waals surface area contributed by atoms with Gasteiger partial charge < -0.3 is 0 Å². The molecular weight excluding hydrogens is 377 g/mol. The van der Waals surface area contributed by atoms with Gasteiger partial charge in [0.15, 0.2) is 5.69 Å². The molecule has 0 bridgehead atoms. The van der Waals surface area contributed by atoms with Crippen LogP contribution in [0.5, 0.6) is 0 Å². The number of alkyl halides is 2. The fourth-order valence-electron chi connectivity index (χ4n) is 0.777. The Labute approximate surface area is 99.1 Å². The van der Waals surface area contributed by atoms with Gasteiger partial charge in [-0.05, 0) is 38.5 Å². The van der Waals surface area contributed by atoms with E-state index in [1.54, 1.807) is 22.6 Å². The minimum Gasteiger partial charge on any atom is -0.258 e. The molecule has 76 valence electrons. The van der Waals surface area contributed by atoms with Gasteiger partial charge in [0.1, 0.15) is 4.60 Å². The van der Waals surface area contributed by atoms with Crippen LogP contribution in [0.3, 0.4) is 0 Å². The van der Waals surface area contributed by atoms with E-state index in [1.165, 1.54) is 0 Å². The largest absolute Gasteiger partial charge is 0.297 e. The molecule has 0 aliphatic rings. The van der Waals surface area contributed by atoms with Crippen molar-refractivity contribution >= 4 is 44.2 Å². The lowest BCUT2D eigenvalue weighted by Crippen LogP contribution is -2.00. The average molecular weight is 379 g/mol. The van der Waals surface area contributed by atoms with Crippen LogP contribution in [-0.2, 0) is 0 Å². The number of hydrogen-bond donors (Lipinski definition) is 0. The second-order valence-electron chi connectivity index (χ2n) is 2.22. The Morgan fingerprint density at radius 2 is 2.21 bits per heavy atom. The molecule has 0 saturated heterocycles. The van der Waals surface area contributed by atoms with Crippen LogP contribution >= 0.6 is 38.5 Å². The maximum Gasteiger partial charge on any atom is 0.297 e. The zero-order chi connectivity index (χ0) is 10.9. The lowest BCUT2D eigenvalue weighted by atomic mass is 10.3. The van der Waals surface area contributed by atoms with Gasteiger partial charge in [-0.2, -0.15) is 0 Å². The third-order valence-electron chi connectivity index (χ3n) is 1.34. The highest BCUT2D eigenvalue weighted by molar-refractivity contribution is 14.1. The van der Waals surface area contributed by atoms with Crippen molar-refractivity contribution in [3.8, 4) is 0 Å². The highest BCUT2D eigenvalue weighted by Gasteiger charge is 2.25. The van der Waals surface area contributed by atoms with Crippen LogP contribution in [0.4, 0.5) is 14.5 Å². The van der Waals surface area contributed by atoms with Crippen LogP contribution in [0.2, 0.25) is 0 Å². The first-order valence-electron chi connectivity index (χ1n) is 3.22. The van der Waals surface area contributed by atoms with Crippen LogP contribution in [-0.4, -0.2) is 9.91 Å². The predicted octanol–water partition coefficient (Wildman–Crippen LogP) is 3.29. The van der Waals surface area contributed by atoms with Gasteiger partial charge in [-0.25, -0.2) is 13.8 Å². The molecule has 8 heteroatoms. The topological polar surface area (TPSA) is 56.0 Å². The fourth-order valence-corrected chi connectivity index (χ4v) is 1.50. The molecule has 0 N–H and O–H groups in total. The SMILES string of the molecule is O=[N+]([O-])c1cc(I)c(Br)nc1C(F)F. The predicted molar refractivity (Wildman–Crippen MR) is 56.3 cm³/mol. The molecule has 0 fully saturated rings. The van der Waals surface area contributed by atoms with Gasteiger partial charge in [-0.3, -0.25) is 10.1 Å². The highest BCUT2D eigenvalue weighted by atomic mass is 127. The number of nitro groups is 1. The molecule has 0 amide bonds. The van der Waals surface area contributed by atoms with Gasteiger partial charge in [-0.1, -0.05) is 0 Å². The van der Waals surface area contributed by atoms with E-state index in [1.807, 2.05) is 0 Å². The van der Waals surface area contributed by atoms with Crippen molar-refractivity contribution in [2.45, 2.75) is 6.43 Å². The van der Waals surface area contributed by atoms with Gasteiger partial charge in [0, 0.05) is 6.07 Å². The standard InChI is InChI=1S/C6H2BrF2IN2O2/c7-5-2(10)1-3(12(13)14)4(11-5)6(8)9/h1,6H. The summed E-state index contributed by atoms with van der Waals surface area (Å²) >= 11 is 4.69. The van der Waals surface area contributed by atoms with E-state index in [2.05, 4.69) is 20.9 Å². The fraction of sp³-hybridized carbons (Fsp3) is 0.167. The molecule has 1 rings (SSSR count). The van der Waals surface area contributed by atoms with E-state index >= 15 is 0 Å². The molecule has 0 aliphatic carbocycles. The molecule has 0 atom stereocenters. The molecule has 1 heterocycles. The summed E-state index contributed by atoms with van der Waals surface area (Å²) in [6.07, 6.45) is -2.95. The Balaban J connectivity index is 3.39. The summed E-state index contributed by atoms with van der Waals surface area (Å²) in [6.45, 7) is 0. The van der Waals surface area contributed by atoms with Crippen LogP contribution in [0, 0.1) is 13.7 Å². The van der Waals surface area contributed by atoms with Crippen molar-refractivity contribution < 1.29 is 13.7 Å². The molecule has 4 nitrogen and oxygen atoms in total. The summed E-state index contributed by atoms with van der Waals surface area (Å²) in [6, 6.07) is 1.05. The summed E-state index contributed by atoms with van der Waals surface area (Å²) in [5.74, 6) is 0. The van der Waals surface area contributed by atoms with E-state index in [0.717, 1.165) is 6.07 Å². The Morgan fingerprint density at radius 3 is 2.64 bits per heavy atom. The molecule has 0 aromatic carbocycles. The van der Waals surface area contributed by atoms with Crippen molar-refractivity contribution in [2.75, 3.05) is 0 Å². The van der Waals surface area contributed by atoms with Gasteiger partial charge >= 0.3 is 0 Å². The van der Waals surface area contributed by atoms with E-state index < -0.39 is 22.7 Å². The third-order valence-corrected chi connectivity index (χ3v) is 3.51. The maximum absolute atomic E-state index is 12.3.